The van der Waals surface area contributed by atoms with Gasteiger partial charge in [-0.05, 0) is 32.2 Å². The Morgan fingerprint density at radius 1 is 1.54 bits per heavy atom. The lowest BCUT2D eigenvalue weighted by Gasteiger charge is -1.96. The zero-order chi connectivity index (χ0) is 9.68. The van der Waals surface area contributed by atoms with Crippen molar-refractivity contribution in [2.24, 2.45) is 0 Å². The van der Waals surface area contributed by atoms with Gasteiger partial charge in [-0.2, -0.15) is 0 Å². The van der Waals surface area contributed by atoms with E-state index in [0.717, 1.165) is 12.2 Å². The fourth-order valence-electron chi connectivity index (χ4n) is 0.954. The molecule has 0 spiro atoms. The van der Waals surface area contributed by atoms with Crippen LogP contribution in [0, 0.1) is 12.7 Å². The summed E-state index contributed by atoms with van der Waals surface area (Å²) in [7, 11) is 1.87. The van der Waals surface area contributed by atoms with Crippen molar-refractivity contribution in [1.82, 2.24) is 10.3 Å². The van der Waals surface area contributed by atoms with E-state index in [1.807, 2.05) is 19.2 Å². The van der Waals surface area contributed by atoms with Crippen LogP contribution in [0.15, 0.2) is 18.2 Å². The van der Waals surface area contributed by atoms with Crippen LogP contribution in [0.5, 0.6) is 0 Å². The van der Waals surface area contributed by atoms with Crippen LogP contribution in [0.25, 0.3) is 6.08 Å². The summed E-state index contributed by atoms with van der Waals surface area (Å²) in [4.78, 5) is 4.05. The molecule has 3 heteroatoms. The van der Waals surface area contributed by atoms with Crippen molar-refractivity contribution in [2.45, 2.75) is 6.92 Å². The maximum Gasteiger partial charge on any atom is 0.144 e. The van der Waals surface area contributed by atoms with Crippen molar-refractivity contribution in [3.05, 3.63) is 35.4 Å². The third-order valence-corrected chi connectivity index (χ3v) is 1.65. The molecule has 1 heterocycles. The number of rotatable bonds is 3. The largest absolute Gasteiger partial charge is 0.316 e. The van der Waals surface area contributed by atoms with Crippen LogP contribution in [-0.2, 0) is 0 Å². The molecule has 70 valence electrons. The van der Waals surface area contributed by atoms with Crippen molar-refractivity contribution >= 4 is 6.08 Å². The van der Waals surface area contributed by atoms with E-state index >= 15 is 0 Å². The van der Waals surface area contributed by atoms with Gasteiger partial charge < -0.3 is 5.32 Å². The first kappa shape index (κ1) is 9.86. The Morgan fingerprint density at radius 2 is 2.31 bits per heavy atom. The predicted octanol–water partition coefficient (Wildman–Crippen LogP) is 1.76. The minimum atomic E-state index is -0.259. The van der Waals surface area contributed by atoms with Gasteiger partial charge >= 0.3 is 0 Å². The van der Waals surface area contributed by atoms with Crippen LogP contribution in [-0.4, -0.2) is 18.6 Å². The molecule has 0 aliphatic heterocycles. The normalized spacial score (nSPS) is 11.0. The lowest BCUT2D eigenvalue weighted by atomic mass is 10.3. The minimum absolute atomic E-state index is 0.259. The molecule has 0 radical (unpaired) electrons. The van der Waals surface area contributed by atoms with Crippen molar-refractivity contribution in [3.63, 3.8) is 0 Å². The highest BCUT2D eigenvalue weighted by atomic mass is 19.1. The topological polar surface area (TPSA) is 24.9 Å². The Kier molecular flexibility index (Phi) is 3.58. The molecule has 0 fully saturated rings. The molecule has 0 atom stereocenters. The molecule has 13 heavy (non-hydrogen) atoms. The van der Waals surface area contributed by atoms with Gasteiger partial charge in [0, 0.05) is 6.54 Å². The SMILES string of the molecule is CNCC=Cc1ccc(F)c(C)n1. The number of hydrogen-bond acceptors (Lipinski definition) is 2. The molecule has 1 aromatic heterocycles. The Bertz CT molecular complexity index is 308. The van der Waals surface area contributed by atoms with Gasteiger partial charge in [0.05, 0.1) is 11.4 Å². The Labute approximate surface area is 77.5 Å². The Hall–Kier alpha value is -1.22. The van der Waals surface area contributed by atoms with Crippen molar-refractivity contribution < 1.29 is 4.39 Å². The minimum Gasteiger partial charge on any atom is -0.316 e. The Balaban J connectivity index is 2.73. The van der Waals surface area contributed by atoms with E-state index in [4.69, 9.17) is 0 Å². The summed E-state index contributed by atoms with van der Waals surface area (Å²) in [5, 5.41) is 2.98. The molecule has 1 aromatic rings. The first-order valence-electron chi connectivity index (χ1n) is 4.18. The molecule has 0 saturated carbocycles. The van der Waals surface area contributed by atoms with E-state index in [9.17, 15) is 4.39 Å². The summed E-state index contributed by atoms with van der Waals surface area (Å²) in [6.07, 6.45) is 3.81. The Morgan fingerprint density at radius 3 is 2.92 bits per heavy atom. The van der Waals surface area contributed by atoms with Gasteiger partial charge in [-0.25, -0.2) is 4.39 Å². The summed E-state index contributed by atoms with van der Waals surface area (Å²) in [5.41, 5.74) is 1.22. The lowest BCUT2D eigenvalue weighted by Crippen LogP contribution is -2.03. The molecule has 1 rings (SSSR count). The summed E-state index contributed by atoms with van der Waals surface area (Å²) in [5.74, 6) is -0.259. The van der Waals surface area contributed by atoms with E-state index in [0.29, 0.717) is 5.69 Å². The summed E-state index contributed by atoms with van der Waals surface area (Å²) in [6, 6.07) is 3.09. The van der Waals surface area contributed by atoms with Gasteiger partial charge in [0.15, 0.2) is 0 Å². The van der Waals surface area contributed by atoms with Gasteiger partial charge in [-0.1, -0.05) is 6.08 Å². The second-order valence-electron chi connectivity index (χ2n) is 2.76. The first-order chi connectivity index (χ1) is 6.24. The van der Waals surface area contributed by atoms with Crippen molar-refractivity contribution in [3.8, 4) is 0 Å². The van der Waals surface area contributed by atoms with E-state index in [-0.39, 0.29) is 5.82 Å². The molecule has 0 aliphatic carbocycles. The molecule has 0 amide bonds. The molecule has 0 bridgehead atoms. The molecule has 1 N–H and O–H groups in total. The number of aromatic nitrogens is 1. The summed E-state index contributed by atoms with van der Waals surface area (Å²) >= 11 is 0. The first-order valence-corrected chi connectivity index (χ1v) is 4.18. The zero-order valence-electron chi connectivity index (χ0n) is 7.84. The fourth-order valence-corrected chi connectivity index (χ4v) is 0.954. The van der Waals surface area contributed by atoms with E-state index in [2.05, 4.69) is 10.3 Å². The maximum absolute atomic E-state index is 12.8. The van der Waals surface area contributed by atoms with Gasteiger partial charge in [0.1, 0.15) is 5.82 Å². The molecule has 0 aromatic carbocycles. The average molecular weight is 180 g/mol. The average Bonchev–Trinajstić information content (AvgIpc) is 2.12. The number of nitrogens with one attached hydrogen (secondary N) is 1. The smallest absolute Gasteiger partial charge is 0.144 e. The second kappa shape index (κ2) is 4.72. The van der Waals surface area contributed by atoms with Crippen LogP contribution in [0.3, 0.4) is 0 Å². The quantitative estimate of drug-likeness (QED) is 0.766. The number of halogens is 1. The molecule has 2 nitrogen and oxygen atoms in total. The molecule has 0 saturated heterocycles. The van der Waals surface area contributed by atoms with Crippen LogP contribution in [0.2, 0.25) is 0 Å². The fraction of sp³-hybridized carbons (Fsp3) is 0.300. The highest BCUT2D eigenvalue weighted by molar-refractivity contribution is 5.44. The van der Waals surface area contributed by atoms with Crippen LogP contribution >= 0.6 is 0 Å². The van der Waals surface area contributed by atoms with Gasteiger partial charge in [0.2, 0.25) is 0 Å². The molecule has 0 aliphatic rings. The van der Waals surface area contributed by atoms with E-state index in [1.165, 1.54) is 6.07 Å². The van der Waals surface area contributed by atoms with Crippen LogP contribution in [0.4, 0.5) is 4.39 Å². The predicted molar refractivity (Wildman–Crippen MR) is 51.9 cm³/mol. The highest BCUT2D eigenvalue weighted by Gasteiger charge is 1.96. The summed E-state index contributed by atoms with van der Waals surface area (Å²) < 4.78 is 12.8. The number of hydrogen-bond donors (Lipinski definition) is 1. The molecular weight excluding hydrogens is 167 g/mol. The van der Waals surface area contributed by atoms with Crippen molar-refractivity contribution in [1.29, 1.82) is 0 Å². The maximum atomic E-state index is 12.8. The standard InChI is InChI=1S/C10H13FN2/c1-8-10(11)6-5-9(13-8)4-3-7-12-2/h3-6,12H,7H2,1-2H3. The van der Waals surface area contributed by atoms with Gasteiger partial charge in [0.25, 0.3) is 0 Å². The number of nitrogens with zero attached hydrogens (tertiary/aromatic N) is 1. The third kappa shape index (κ3) is 2.95. The summed E-state index contributed by atoms with van der Waals surface area (Å²) in [6.45, 7) is 2.45. The van der Waals surface area contributed by atoms with Gasteiger partial charge in [-0.15, -0.1) is 0 Å². The number of aryl methyl sites for hydroxylation is 1. The lowest BCUT2D eigenvalue weighted by molar-refractivity contribution is 0.609. The zero-order valence-corrected chi connectivity index (χ0v) is 7.84. The van der Waals surface area contributed by atoms with Crippen LogP contribution in [0.1, 0.15) is 11.4 Å². The van der Waals surface area contributed by atoms with Crippen molar-refractivity contribution in [2.75, 3.05) is 13.6 Å². The number of likely N-dealkylation sites (N-methyl/N-ethyl adjacent to an activating group) is 1. The monoisotopic (exact) mass is 180 g/mol. The van der Waals surface area contributed by atoms with E-state index in [1.54, 1.807) is 13.0 Å². The molecule has 0 unspecified atom stereocenters. The molecular formula is C10H13FN2. The number of pyridine rings is 1. The van der Waals surface area contributed by atoms with Crippen LogP contribution < -0.4 is 5.32 Å². The van der Waals surface area contributed by atoms with E-state index < -0.39 is 0 Å². The highest BCUT2D eigenvalue weighted by Crippen LogP contribution is 2.05. The van der Waals surface area contributed by atoms with Gasteiger partial charge in [-0.3, -0.25) is 4.98 Å². The second-order valence-corrected chi connectivity index (χ2v) is 2.76. The third-order valence-electron chi connectivity index (χ3n) is 1.65.